The minimum Gasteiger partial charge on any atom is -0.419 e. The summed E-state index contributed by atoms with van der Waals surface area (Å²) in [6.45, 7) is 9.19. The molecule has 0 aliphatic rings. The smallest absolute Gasteiger partial charge is 0.216 e. The molecule has 15 heavy (non-hydrogen) atoms. The molecule has 0 spiro atoms. The maximum atomic E-state index is 5.64. The second-order valence-corrected chi connectivity index (χ2v) is 8.65. The molecule has 0 bridgehead atoms. The van der Waals surface area contributed by atoms with Crippen LogP contribution in [-0.2, 0) is 4.43 Å². The van der Waals surface area contributed by atoms with Crippen molar-refractivity contribution in [2.75, 3.05) is 7.11 Å². The molecule has 2 heteroatoms. The summed E-state index contributed by atoms with van der Waals surface area (Å²) >= 11 is 0. The summed E-state index contributed by atoms with van der Waals surface area (Å²) in [7, 11) is 1.29. The monoisotopic (exact) mass is 229 g/mol. The van der Waals surface area contributed by atoms with Crippen molar-refractivity contribution in [1.29, 1.82) is 0 Å². The first kappa shape index (κ1) is 15.2. The van der Waals surface area contributed by atoms with Gasteiger partial charge in [-0.2, -0.15) is 0 Å². The van der Waals surface area contributed by atoms with Gasteiger partial charge >= 0.3 is 0 Å². The van der Waals surface area contributed by atoms with Crippen LogP contribution in [0.25, 0.3) is 0 Å². The van der Waals surface area contributed by atoms with Gasteiger partial charge in [0.2, 0.25) is 9.04 Å². The molecular weight excluding hydrogens is 200 g/mol. The Labute approximate surface area is 98.3 Å². The van der Waals surface area contributed by atoms with Gasteiger partial charge in [-0.3, -0.25) is 0 Å². The highest BCUT2D eigenvalue weighted by Crippen LogP contribution is 2.30. The summed E-state index contributed by atoms with van der Waals surface area (Å²) < 4.78 is 5.64. The Hall–Kier alpha value is 0.177. The zero-order valence-electron chi connectivity index (χ0n) is 11.4. The summed E-state index contributed by atoms with van der Waals surface area (Å²) in [6, 6.07) is 1.32. The molecule has 0 saturated heterocycles. The van der Waals surface area contributed by atoms with Crippen LogP contribution in [0.15, 0.2) is 0 Å². The minimum absolute atomic E-state index is 0.392. The first-order valence-corrected chi connectivity index (χ1v) is 8.04. The molecule has 0 aliphatic heterocycles. The van der Waals surface area contributed by atoms with Crippen molar-refractivity contribution >= 4 is 9.04 Å². The van der Waals surface area contributed by atoms with Gasteiger partial charge in [0.15, 0.2) is 0 Å². The molecule has 0 aliphatic carbocycles. The number of hydrogen-bond acceptors (Lipinski definition) is 1. The van der Waals surface area contributed by atoms with E-state index in [-0.39, 0.29) is 0 Å². The fourth-order valence-corrected chi connectivity index (χ4v) is 3.99. The molecule has 0 aromatic carbocycles. The van der Waals surface area contributed by atoms with Crippen molar-refractivity contribution in [2.45, 2.75) is 77.3 Å². The van der Waals surface area contributed by atoms with Gasteiger partial charge < -0.3 is 4.43 Å². The van der Waals surface area contributed by atoms with E-state index in [0.29, 0.717) is 5.04 Å². The van der Waals surface area contributed by atoms with Gasteiger partial charge in [0.05, 0.1) is 0 Å². The predicted molar refractivity (Wildman–Crippen MR) is 70.7 cm³/mol. The fourth-order valence-electron chi connectivity index (χ4n) is 1.85. The lowest BCUT2D eigenvalue weighted by Gasteiger charge is -2.26. The van der Waals surface area contributed by atoms with Gasteiger partial charge in [-0.1, -0.05) is 66.2 Å². The van der Waals surface area contributed by atoms with Crippen molar-refractivity contribution in [3.8, 4) is 0 Å². The highest BCUT2D eigenvalue weighted by atomic mass is 28.3. The van der Waals surface area contributed by atoms with Crippen LogP contribution >= 0.6 is 0 Å². The summed E-state index contributed by atoms with van der Waals surface area (Å²) in [4.78, 5) is 0. The van der Waals surface area contributed by atoms with E-state index >= 15 is 0 Å². The predicted octanol–water partition coefficient (Wildman–Crippen LogP) is 4.78. The molecule has 91 valence electrons. The van der Waals surface area contributed by atoms with Gasteiger partial charge in [-0.25, -0.2) is 0 Å². The Morgan fingerprint density at radius 3 is 1.93 bits per heavy atom. The zero-order valence-corrected chi connectivity index (χ0v) is 12.4. The molecular formula is C13H29OSi. The molecule has 0 fully saturated rings. The van der Waals surface area contributed by atoms with Gasteiger partial charge in [0, 0.05) is 7.11 Å². The largest absolute Gasteiger partial charge is 0.419 e. The lowest BCUT2D eigenvalue weighted by Crippen LogP contribution is -2.27. The zero-order chi connectivity index (χ0) is 11.7. The van der Waals surface area contributed by atoms with Crippen LogP contribution in [0.2, 0.25) is 11.1 Å². The second-order valence-electron chi connectivity index (χ2n) is 5.40. The normalized spacial score (nSPS) is 12.4. The fraction of sp³-hybridized carbons (Fsp3) is 1.00. The van der Waals surface area contributed by atoms with Gasteiger partial charge in [0.1, 0.15) is 0 Å². The first-order valence-electron chi connectivity index (χ1n) is 6.42. The lowest BCUT2D eigenvalue weighted by atomic mass is 10.1. The van der Waals surface area contributed by atoms with Crippen LogP contribution < -0.4 is 0 Å². The SMILES string of the molecule is CCCCCCCC[Si](OC)C(C)(C)C. The highest BCUT2D eigenvalue weighted by Gasteiger charge is 2.27. The Kier molecular flexibility index (Phi) is 8.44. The Morgan fingerprint density at radius 1 is 0.933 bits per heavy atom. The first-order chi connectivity index (χ1) is 7.02. The topological polar surface area (TPSA) is 9.23 Å². The van der Waals surface area contributed by atoms with Crippen molar-refractivity contribution in [1.82, 2.24) is 0 Å². The second kappa shape index (κ2) is 8.34. The van der Waals surface area contributed by atoms with Crippen molar-refractivity contribution in [2.24, 2.45) is 0 Å². The standard InChI is InChI=1S/C13H29OSi/c1-6-7-8-9-10-11-12-15(14-5)13(2,3)4/h6-12H2,1-5H3. The summed E-state index contributed by atoms with van der Waals surface area (Å²) in [5.74, 6) is 0. The molecule has 0 N–H and O–H groups in total. The van der Waals surface area contributed by atoms with Gasteiger partial charge in [-0.05, 0) is 11.1 Å². The number of hydrogen-bond donors (Lipinski definition) is 0. The Bertz CT molecular complexity index is 140. The van der Waals surface area contributed by atoms with E-state index in [2.05, 4.69) is 27.7 Å². The summed E-state index contributed by atoms with van der Waals surface area (Å²) in [6.07, 6.45) is 8.34. The molecule has 0 heterocycles. The van der Waals surface area contributed by atoms with E-state index in [1.54, 1.807) is 0 Å². The average Bonchev–Trinajstić information content (AvgIpc) is 2.15. The molecule has 1 nitrogen and oxygen atoms in total. The van der Waals surface area contributed by atoms with Crippen LogP contribution in [0, 0.1) is 0 Å². The average molecular weight is 229 g/mol. The molecule has 0 aromatic heterocycles. The molecule has 1 radical (unpaired) electrons. The van der Waals surface area contributed by atoms with Crippen LogP contribution in [0.4, 0.5) is 0 Å². The lowest BCUT2D eigenvalue weighted by molar-refractivity contribution is 0.387. The molecule has 0 saturated carbocycles. The van der Waals surface area contributed by atoms with Crippen LogP contribution in [-0.4, -0.2) is 16.2 Å². The number of rotatable bonds is 8. The third kappa shape index (κ3) is 8.03. The molecule has 0 amide bonds. The minimum atomic E-state index is -0.592. The molecule has 0 rings (SSSR count). The highest BCUT2D eigenvalue weighted by molar-refractivity contribution is 6.55. The Morgan fingerprint density at radius 2 is 1.47 bits per heavy atom. The van der Waals surface area contributed by atoms with Crippen LogP contribution in [0.5, 0.6) is 0 Å². The van der Waals surface area contributed by atoms with Gasteiger partial charge in [0.25, 0.3) is 0 Å². The molecule has 0 unspecified atom stereocenters. The maximum absolute atomic E-state index is 5.64. The summed E-state index contributed by atoms with van der Waals surface area (Å²) in [5, 5.41) is 0.392. The van der Waals surface area contributed by atoms with E-state index in [0.717, 1.165) is 0 Å². The van der Waals surface area contributed by atoms with E-state index in [9.17, 15) is 0 Å². The van der Waals surface area contributed by atoms with E-state index in [1.807, 2.05) is 7.11 Å². The van der Waals surface area contributed by atoms with E-state index in [4.69, 9.17) is 4.43 Å². The Balaban J connectivity index is 3.48. The third-order valence-electron chi connectivity index (χ3n) is 2.84. The molecule has 0 atom stereocenters. The van der Waals surface area contributed by atoms with Crippen LogP contribution in [0.1, 0.15) is 66.2 Å². The van der Waals surface area contributed by atoms with Gasteiger partial charge in [-0.15, -0.1) is 0 Å². The molecule has 0 aromatic rings. The third-order valence-corrected chi connectivity index (χ3v) is 5.81. The quantitative estimate of drug-likeness (QED) is 0.430. The van der Waals surface area contributed by atoms with E-state index in [1.165, 1.54) is 44.6 Å². The number of unbranched alkanes of at least 4 members (excludes halogenated alkanes) is 5. The van der Waals surface area contributed by atoms with Crippen molar-refractivity contribution in [3.63, 3.8) is 0 Å². The van der Waals surface area contributed by atoms with Crippen LogP contribution in [0.3, 0.4) is 0 Å². The summed E-state index contributed by atoms with van der Waals surface area (Å²) in [5.41, 5.74) is 0. The van der Waals surface area contributed by atoms with E-state index < -0.39 is 9.04 Å². The van der Waals surface area contributed by atoms with Crippen molar-refractivity contribution in [3.05, 3.63) is 0 Å². The van der Waals surface area contributed by atoms with Crippen molar-refractivity contribution < 1.29 is 4.43 Å². The maximum Gasteiger partial charge on any atom is 0.216 e.